The smallest absolute Gasteiger partial charge is 0.191 e. The van der Waals surface area contributed by atoms with Gasteiger partial charge in [-0.2, -0.15) is 0 Å². The molecule has 3 aromatic carbocycles. The largest absolute Gasteiger partial charge is 0.497 e. The van der Waals surface area contributed by atoms with Gasteiger partial charge in [0.2, 0.25) is 0 Å². The van der Waals surface area contributed by atoms with Crippen LogP contribution >= 0.6 is 11.6 Å². The molecule has 1 heterocycles. The lowest BCUT2D eigenvalue weighted by Gasteiger charge is -2.22. The van der Waals surface area contributed by atoms with E-state index in [0.29, 0.717) is 38.2 Å². The minimum atomic E-state index is -1.25. The van der Waals surface area contributed by atoms with Crippen molar-refractivity contribution in [1.29, 1.82) is 0 Å². The van der Waals surface area contributed by atoms with Gasteiger partial charge in [-0.1, -0.05) is 17.7 Å². The molecule has 2 N–H and O–H groups in total. The van der Waals surface area contributed by atoms with E-state index < -0.39 is 16.8 Å². The Balaban J connectivity index is 1.86. The van der Waals surface area contributed by atoms with Crippen molar-refractivity contribution < 1.29 is 23.2 Å². The molecule has 188 valence electrons. The number of benzene rings is 3. The van der Waals surface area contributed by atoms with Gasteiger partial charge in [-0.15, -0.1) is 0 Å². The zero-order chi connectivity index (χ0) is 26.0. The van der Waals surface area contributed by atoms with Gasteiger partial charge in [0.15, 0.2) is 5.78 Å². The molecule has 0 aliphatic rings. The van der Waals surface area contributed by atoms with Gasteiger partial charge in [-0.25, -0.2) is 0 Å². The summed E-state index contributed by atoms with van der Waals surface area (Å²) >= 11 is 6.21. The van der Waals surface area contributed by atoms with E-state index in [1.165, 1.54) is 14.2 Å². The second kappa shape index (κ2) is 10.6. The molecule has 0 aliphatic carbocycles. The summed E-state index contributed by atoms with van der Waals surface area (Å²) in [6.45, 7) is 1.93. The number of halogens is 1. The Morgan fingerprint density at radius 1 is 1.00 bits per heavy atom. The summed E-state index contributed by atoms with van der Waals surface area (Å²) < 4.78 is 28.6. The van der Waals surface area contributed by atoms with Crippen molar-refractivity contribution in [3.63, 3.8) is 0 Å². The average Bonchev–Trinajstić information content (AvgIpc) is 3.28. The minimum Gasteiger partial charge on any atom is -0.497 e. The molecule has 9 heteroatoms. The summed E-state index contributed by atoms with van der Waals surface area (Å²) in [7, 11) is 3.43. The fraction of sp³-hybridized carbons (Fsp3) is 0.222. The Bertz CT molecular complexity index is 1470. The Labute approximate surface area is 217 Å². The summed E-state index contributed by atoms with van der Waals surface area (Å²) in [5, 5.41) is 4.59. The monoisotopic (exact) mass is 526 g/mol. The normalized spacial score (nSPS) is 12.7. The Morgan fingerprint density at radius 2 is 1.75 bits per heavy atom. The first-order chi connectivity index (χ1) is 17.2. The van der Waals surface area contributed by atoms with Crippen molar-refractivity contribution in [3.05, 3.63) is 76.4 Å². The van der Waals surface area contributed by atoms with Crippen LogP contribution in [0.25, 0.3) is 10.9 Å². The number of carbonyl (C=O) groups excluding carboxylic acids is 1. The Kier molecular flexibility index (Phi) is 7.56. The highest BCUT2D eigenvalue weighted by Gasteiger charge is 2.28. The number of anilines is 1. The third-order valence-electron chi connectivity index (χ3n) is 5.99. The minimum absolute atomic E-state index is 0.187. The lowest BCUT2D eigenvalue weighted by molar-refractivity contribution is 0.0970. The van der Waals surface area contributed by atoms with Crippen LogP contribution in [0.2, 0.25) is 5.02 Å². The first-order valence-electron chi connectivity index (χ1n) is 11.1. The van der Waals surface area contributed by atoms with Crippen LogP contribution in [0.4, 0.5) is 5.69 Å². The number of nitrogens with one attached hydrogen (secondary N) is 2. The number of ketones is 1. The molecule has 0 radical (unpaired) electrons. The summed E-state index contributed by atoms with van der Waals surface area (Å²) in [6.07, 6.45) is 3.28. The van der Waals surface area contributed by atoms with E-state index in [0.717, 1.165) is 22.2 Å². The summed E-state index contributed by atoms with van der Waals surface area (Å²) in [6, 6.07) is 13.3. The fourth-order valence-electron chi connectivity index (χ4n) is 4.15. The molecule has 0 fully saturated rings. The van der Waals surface area contributed by atoms with Gasteiger partial charge < -0.3 is 24.5 Å². The van der Waals surface area contributed by atoms with Crippen molar-refractivity contribution in [1.82, 2.24) is 4.98 Å². The Hall–Kier alpha value is -3.49. The predicted molar refractivity (Wildman–Crippen MR) is 144 cm³/mol. The average molecular weight is 527 g/mol. The van der Waals surface area contributed by atoms with Crippen LogP contribution in [-0.4, -0.2) is 42.6 Å². The molecule has 4 rings (SSSR count). The second-order valence-corrected chi connectivity index (χ2v) is 10.1. The number of aromatic nitrogens is 1. The number of ether oxygens (including phenoxy) is 3. The third kappa shape index (κ3) is 5.05. The van der Waals surface area contributed by atoms with Crippen molar-refractivity contribution in [2.24, 2.45) is 0 Å². The molecular weight excluding hydrogens is 500 g/mol. The van der Waals surface area contributed by atoms with Crippen LogP contribution in [0, 0.1) is 6.92 Å². The zero-order valence-corrected chi connectivity index (χ0v) is 22.2. The van der Waals surface area contributed by atoms with Gasteiger partial charge in [0.1, 0.15) is 23.3 Å². The Morgan fingerprint density at radius 3 is 2.42 bits per heavy atom. The highest BCUT2D eigenvalue weighted by molar-refractivity contribution is 7.84. The van der Waals surface area contributed by atoms with E-state index in [2.05, 4.69) is 10.3 Å². The lowest BCUT2D eigenvalue weighted by atomic mass is 9.95. The van der Waals surface area contributed by atoms with Crippen molar-refractivity contribution >= 4 is 44.8 Å². The van der Waals surface area contributed by atoms with Gasteiger partial charge >= 0.3 is 0 Å². The molecule has 0 spiro atoms. The number of rotatable bonds is 9. The topological polar surface area (TPSA) is 89.7 Å². The first kappa shape index (κ1) is 25.6. The predicted octanol–water partition coefficient (Wildman–Crippen LogP) is 5.93. The molecule has 7 nitrogen and oxygen atoms in total. The standard InChI is InChI=1S/C27H27ClN2O5S/c1-15-8-21-22(14-29-23(21)13-24(15)34-3)27(31)26(20-7-6-16(28)9-25(20)35-4)30-17-10-18(33-2)12-19(11-17)36(5)32/h6-14,26,29-30H,1-5H3. The van der Waals surface area contributed by atoms with E-state index in [9.17, 15) is 9.00 Å². The van der Waals surface area contributed by atoms with E-state index in [4.69, 9.17) is 25.8 Å². The number of aryl methyl sites for hydroxylation is 1. The summed E-state index contributed by atoms with van der Waals surface area (Å²) in [5.74, 6) is 1.53. The SMILES string of the molecule is COc1cc(NC(C(=O)c2c[nH]c3cc(OC)c(C)cc23)c2ccc(Cl)cc2OC)cc(S(C)=O)c1. The highest BCUT2D eigenvalue weighted by atomic mass is 35.5. The molecule has 0 bridgehead atoms. The van der Waals surface area contributed by atoms with Crippen LogP contribution in [0.15, 0.2) is 59.6 Å². The summed E-state index contributed by atoms with van der Waals surface area (Å²) in [4.78, 5) is 17.9. The van der Waals surface area contributed by atoms with E-state index in [1.54, 1.807) is 56.0 Å². The second-order valence-electron chi connectivity index (χ2n) is 8.25. The number of carbonyl (C=O) groups is 1. The maximum atomic E-state index is 14.1. The number of methoxy groups -OCH3 is 3. The summed E-state index contributed by atoms with van der Waals surface area (Å²) in [5.41, 5.74) is 3.39. The van der Waals surface area contributed by atoms with E-state index in [1.807, 2.05) is 19.1 Å². The number of aromatic amines is 1. The van der Waals surface area contributed by atoms with Crippen LogP contribution in [0.5, 0.6) is 17.2 Å². The zero-order valence-electron chi connectivity index (χ0n) is 20.6. The van der Waals surface area contributed by atoms with Crippen molar-refractivity contribution in [2.45, 2.75) is 17.9 Å². The molecule has 0 amide bonds. The van der Waals surface area contributed by atoms with E-state index in [-0.39, 0.29) is 5.78 Å². The first-order valence-corrected chi connectivity index (χ1v) is 13.0. The quantitative estimate of drug-likeness (QED) is 0.263. The third-order valence-corrected chi connectivity index (χ3v) is 7.12. The van der Waals surface area contributed by atoms with Crippen LogP contribution < -0.4 is 19.5 Å². The number of hydrogen-bond acceptors (Lipinski definition) is 6. The molecular formula is C27H27ClN2O5S. The molecule has 0 aliphatic heterocycles. The number of H-pyrrole nitrogens is 1. The van der Waals surface area contributed by atoms with Crippen LogP contribution in [0.3, 0.4) is 0 Å². The highest BCUT2D eigenvalue weighted by Crippen LogP contribution is 2.36. The van der Waals surface area contributed by atoms with Gasteiger partial charge in [0.25, 0.3) is 0 Å². The molecule has 2 atom stereocenters. The molecule has 2 unspecified atom stereocenters. The van der Waals surface area contributed by atoms with Gasteiger partial charge in [0, 0.05) is 73.0 Å². The van der Waals surface area contributed by atoms with Gasteiger partial charge in [-0.05, 0) is 42.8 Å². The van der Waals surface area contributed by atoms with Crippen LogP contribution in [-0.2, 0) is 10.8 Å². The van der Waals surface area contributed by atoms with Gasteiger partial charge in [-0.3, -0.25) is 9.00 Å². The number of Topliss-reactive ketones (excluding diaryl/α,β-unsaturated/α-hetero) is 1. The van der Waals surface area contributed by atoms with Gasteiger partial charge in [0.05, 0.1) is 21.3 Å². The number of hydrogen-bond donors (Lipinski definition) is 2. The lowest BCUT2D eigenvalue weighted by Crippen LogP contribution is -2.22. The molecule has 1 aromatic heterocycles. The molecule has 0 saturated carbocycles. The van der Waals surface area contributed by atoms with Crippen molar-refractivity contribution in [2.75, 3.05) is 32.9 Å². The maximum Gasteiger partial charge on any atom is 0.191 e. The molecule has 0 saturated heterocycles. The maximum absolute atomic E-state index is 14.1. The number of fused-ring (bicyclic) bond motifs is 1. The fourth-order valence-corrected chi connectivity index (χ4v) is 4.89. The molecule has 36 heavy (non-hydrogen) atoms. The van der Waals surface area contributed by atoms with Crippen LogP contribution in [0.1, 0.15) is 27.5 Å². The van der Waals surface area contributed by atoms with E-state index >= 15 is 0 Å². The van der Waals surface area contributed by atoms with Crippen molar-refractivity contribution in [3.8, 4) is 17.2 Å². The molecule has 4 aromatic rings.